The minimum absolute atomic E-state index is 0.139. The van der Waals surface area contributed by atoms with Gasteiger partial charge in [0.05, 0.1) is 7.11 Å². The fourth-order valence-corrected chi connectivity index (χ4v) is 2.10. The topological polar surface area (TPSA) is 76.7 Å². The highest BCUT2D eigenvalue weighted by Gasteiger charge is 2.15. The smallest absolute Gasteiger partial charge is 0.258 e. The van der Waals surface area contributed by atoms with E-state index in [2.05, 4.69) is 10.6 Å². The largest absolute Gasteiger partial charge is 0.497 e. The highest BCUT2D eigenvalue weighted by molar-refractivity contribution is 5.87. The molecular weight excluding hydrogens is 320 g/mol. The van der Waals surface area contributed by atoms with Gasteiger partial charge in [0.1, 0.15) is 17.5 Å². The van der Waals surface area contributed by atoms with E-state index < -0.39 is 6.04 Å². The Morgan fingerprint density at radius 1 is 1.00 bits per heavy atom. The van der Waals surface area contributed by atoms with E-state index in [0.717, 1.165) is 11.3 Å². The number of carbonyl (C=O) groups excluding carboxylic acids is 2. The standard InChI is InChI=1S/C19H22N2O4/c1-14(21-18(22)13-25-17-6-4-3-5-7-17)19(23)20-12-15-8-10-16(24-2)11-9-15/h3-11,14H,12-13H2,1-2H3,(H,20,23)(H,21,22). The van der Waals surface area contributed by atoms with E-state index in [1.54, 1.807) is 26.2 Å². The lowest BCUT2D eigenvalue weighted by Gasteiger charge is -2.14. The van der Waals surface area contributed by atoms with E-state index >= 15 is 0 Å². The zero-order valence-corrected chi connectivity index (χ0v) is 14.3. The number of para-hydroxylation sites is 1. The van der Waals surface area contributed by atoms with Gasteiger partial charge >= 0.3 is 0 Å². The molecule has 2 N–H and O–H groups in total. The number of benzene rings is 2. The molecule has 2 aromatic carbocycles. The van der Waals surface area contributed by atoms with Crippen LogP contribution < -0.4 is 20.1 Å². The fraction of sp³-hybridized carbons (Fsp3) is 0.263. The lowest BCUT2D eigenvalue weighted by atomic mass is 10.2. The number of hydrogen-bond acceptors (Lipinski definition) is 4. The summed E-state index contributed by atoms with van der Waals surface area (Å²) < 4.78 is 10.4. The molecule has 6 nitrogen and oxygen atoms in total. The van der Waals surface area contributed by atoms with Crippen LogP contribution in [0.4, 0.5) is 0 Å². The molecule has 25 heavy (non-hydrogen) atoms. The summed E-state index contributed by atoms with van der Waals surface area (Å²) in [6.45, 7) is 1.87. The average molecular weight is 342 g/mol. The monoisotopic (exact) mass is 342 g/mol. The first-order valence-electron chi connectivity index (χ1n) is 7.96. The quantitative estimate of drug-likeness (QED) is 0.768. The van der Waals surface area contributed by atoms with Gasteiger partial charge in [-0.2, -0.15) is 0 Å². The van der Waals surface area contributed by atoms with Gasteiger partial charge in [0.25, 0.3) is 5.91 Å². The zero-order valence-electron chi connectivity index (χ0n) is 14.3. The van der Waals surface area contributed by atoms with Crippen LogP contribution in [-0.2, 0) is 16.1 Å². The average Bonchev–Trinajstić information content (AvgIpc) is 2.65. The molecule has 0 fully saturated rings. The Kier molecular flexibility index (Phi) is 6.83. The van der Waals surface area contributed by atoms with Crippen LogP contribution in [0.1, 0.15) is 12.5 Å². The van der Waals surface area contributed by atoms with Crippen LogP contribution >= 0.6 is 0 Å². The second-order valence-corrected chi connectivity index (χ2v) is 5.46. The molecule has 0 spiro atoms. The van der Waals surface area contributed by atoms with Gasteiger partial charge in [-0.3, -0.25) is 9.59 Å². The second kappa shape index (κ2) is 9.32. The van der Waals surface area contributed by atoms with Gasteiger partial charge in [-0.25, -0.2) is 0 Å². The van der Waals surface area contributed by atoms with E-state index in [1.807, 2.05) is 42.5 Å². The van der Waals surface area contributed by atoms with Crippen molar-refractivity contribution in [3.05, 3.63) is 60.2 Å². The molecule has 132 valence electrons. The van der Waals surface area contributed by atoms with Gasteiger partial charge in [-0.05, 0) is 36.8 Å². The first kappa shape index (κ1) is 18.3. The lowest BCUT2D eigenvalue weighted by molar-refractivity contribution is -0.129. The van der Waals surface area contributed by atoms with Crippen molar-refractivity contribution < 1.29 is 19.1 Å². The predicted molar refractivity (Wildman–Crippen MR) is 94.4 cm³/mol. The zero-order chi connectivity index (χ0) is 18.1. The summed E-state index contributed by atoms with van der Waals surface area (Å²) >= 11 is 0. The molecule has 2 aromatic rings. The highest BCUT2D eigenvalue weighted by Crippen LogP contribution is 2.11. The van der Waals surface area contributed by atoms with Crippen LogP contribution in [0.3, 0.4) is 0 Å². The van der Waals surface area contributed by atoms with Crippen LogP contribution in [0, 0.1) is 0 Å². The summed E-state index contributed by atoms with van der Waals surface area (Å²) in [4.78, 5) is 23.9. The molecule has 0 aliphatic rings. The predicted octanol–water partition coefficient (Wildman–Crippen LogP) is 1.90. The van der Waals surface area contributed by atoms with Crippen LogP contribution in [0.5, 0.6) is 11.5 Å². The number of methoxy groups -OCH3 is 1. The van der Waals surface area contributed by atoms with Crippen molar-refractivity contribution in [1.82, 2.24) is 10.6 Å². The SMILES string of the molecule is COc1ccc(CNC(=O)C(C)NC(=O)COc2ccccc2)cc1. The third-order valence-corrected chi connectivity index (χ3v) is 3.51. The van der Waals surface area contributed by atoms with E-state index in [-0.39, 0.29) is 18.4 Å². The maximum atomic E-state index is 12.1. The molecule has 2 rings (SSSR count). The summed E-state index contributed by atoms with van der Waals surface area (Å²) in [5, 5.41) is 5.39. The van der Waals surface area contributed by atoms with Crippen molar-refractivity contribution in [3.8, 4) is 11.5 Å². The van der Waals surface area contributed by atoms with Gasteiger partial charge in [-0.15, -0.1) is 0 Å². The van der Waals surface area contributed by atoms with Gasteiger partial charge in [-0.1, -0.05) is 30.3 Å². The van der Waals surface area contributed by atoms with Crippen molar-refractivity contribution in [1.29, 1.82) is 0 Å². The number of hydrogen-bond donors (Lipinski definition) is 2. The fourth-order valence-electron chi connectivity index (χ4n) is 2.10. The molecule has 0 heterocycles. The van der Waals surface area contributed by atoms with Crippen LogP contribution in [0.15, 0.2) is 54.6 Å². The minimum atomic E-state index is -0.648. The van der Waals surface area contributed by atoms with Crippen molar-refractivity contribution in [3.63, 3.8) is 0 Å². The summed E-state index contributed by atoms with van der Waals surface area (Å²) in [5.74, 6) is 0.753. The molecule has 6 heteroatoms. The summed E-state index contributed by atoms with van der Waals surface area (Å²) in [5.41, 5.74) is 0.945. The third-order valence-electron chi connectivity index (χ3n) is 3.51. The molecular formula is C19H22N2O4. The van der Waals surface area contributed by atoms with Gasteiger partial charge in [0, 0.05) is 6.54 Å². The van der Waals surface area contributed by atoms with Crippen molar-refractivity contribution in [2.45, 2.75) is 19.5 Å². The Bertz CT molecular complexity index is 686. The summed E-state index contributed by atoms with van der Waals surface area (Å²) in [6, 6.07) is 15.8. The van der Waals surface area contributed by atoms with Gasteiger partial charge in [0.15, 0.2) is 6.61 Å². The minimum Gasteiger partial charge on any atom is -0.497 e. The number of amides is 2. The Labute approximate surface area is 147 Å². The molecule has 1 atom stereocenters. The maximum absolute atomic E-state index is 12.1. The highest BCUT2D eigenvalue weighted by atomic mass is 16.5. The summed E-state index contributed by atoms with van der Waals surface area (Å²) in [6.07, 6.45) is 0. The molecule has 0 radical (unpaired) electrons. The molecule has 0 saturated carbocycles. The first-order valence-corrected chi connectivity index (χ1v) is 7.96. The summed E-state index contributed by atoms with van der Waals surface area (Å²) in [7, 11) is 1.60. The molecule has 0 aromatic heterocycles. The molecule has 1 unspecified atom stereocenters. The molecule has 0 aliphatic carbocycles. The van der Waals surface area contributed by atoms with E-state index in [0.29, 0.717) is 12.3 Å². The molecule has 2 amide bonds. The Morgan fingerprint density at radius 3 is 2.32 bits per heavy atom. The van der Waals surface area contributed by atoms with Crippen LogP contribution in [0.2, 0.25) is 0 Å². The first-order chi connectivity index (χ1) is 12.1. The normalized spacial score (nSPS) is 11.3. The van der Waals surface area contributed by atoms with E-state index in [9.17, 15) is 9.59 Å². The van der Waals surface area contributed by atoms with Gasteiger partial charge in [0.2, 0.25) is 5.91 Å². The van der Waals surface area contributed by atoms with Crippen molar-refractivity contribution in [2.24, 2.45) is 0 Å². The maximum Gasteiger partial charge on any atom is 0.258 e. The molecule has 0 saturated heterocycles. The number of nitrogens with one attached hydrogen (secondary N) is 2. The number of ether oxygens (including phenoxy) is 2. The lowest BCUT2D eigenvalue weighted by Crippen LogP contribution is -2.46. The Balaban J connectivity index is 1.72. The van der Waals surface area contributed by atoms with Gasteiger partial charge < -0.3 is 20.1 Å². The van der Waals surface area contributed by atoms with Crippen LogP contribution in [-0.4, -0.2) is 31.6 Å². The van der Waals surface area contributed by atoms with Crippen molar-refractivity contribution >= 4 is 11.8 Å². The number of carbonyl (C=O) groups is 2. The Morgan fingerprint density at radius 2 is 1.68 bits per heavy atom. The number of rotatable bonds is 8. The van der Waals surface area contributed by atoms with Crippen LogP contribution in [0.25, 0.3) is 0 Å². The van der Waals surface area contributed by atoms with E-state index in [1.165, 1.54) is 0 Å². The molecule has 0 bridgehead atoms. The third kappa shape index (κ3) is 6.18. The Hall–Kier alpha value is -3.02. The molecule has 0 aliphatic heterocycles. The second-order valence-electron chi connectivity index (χ2n) is 5.46. The van der Waals surface area contributed by atoms with Crippen molar-refractivity contribution in [2.75, 3.05) is 13.7 Å². The van der Waals surface area contributed by atoms with E-state index in [4.69, 9.17) is 9.47 Å².